The van der Waals surface area contributed by atoms with E-state index < -0.39 is 0 Å². The van der Waals surface area contributed by atoms with Crippen LogP contribution in [0.5, 0.6) is 0 Å². The molecule has 0 radical (unpaired) electrons. The van der Waals surface area contributed by atoms with Crippen LogP contribution in [0.15, 0.2) is 0 Å². The normalized spacial score (nSPS) is 22.5. The Labute approximate surface area is 88.2 Å². The van der Waals surface area contributed by atoms with Gasteiger partial charge in [-0.25, -0.2) is 0 Å². The molecule has 2 N–H and O–H groups in total. The first-order valence-corrected chi connectivity index (χ1v) is 5.89. The molecule has 3 nitrogen and oxygen atoms in total. The number of piperazine rings is 1. The summed E-state index contributed by atoms with van der Waals surface area (Å²) in [6, 6.07) is 0.387. The van der Waals surface area contributed by atoms with Gasteiger partial charge in [-0.3, -0.25) is 4.90 Å². The summed E-state index contributed by atoms with van der Waals surface area (Å²) in [6.07, 6.45) is 3.72. The first-order chi connectivity index (χ1) is 6.72. The second kappa shape index (κ2) is 6.38. The van der Waals surface area contributed by atoms with Gasteiger partial charge in [-0.1, -0.05) is 19.8 Å². The summed E-state index contributed by atoms with van der Waals surface area (Å²) in [7, 11) is 2.19. The number of nitrogens with zero attached hydrogens (tertiary/aromatic N) is 2. The van der Waals surface area contributed by atoms with Crippen molar-refractivity contribution in [1.82, 2.24) is 9.80 Å². The maximum atomic E-state index is 6.07. The molecule has 1 atom stereocenters. The molecule has 0 amide bonds. The van der Waals surface area contributed by atoms with Crippen LogP contribution >= 0.6 is 0 Å². The monoisotopic (exact) mass is 199 g/mol. The molecule has 1 unspecified atom stereocenters. The summed E-state index contributed by atoms with van der Waals surface area (Å²) in [5.41, 5.74) is 6.07. The Hall–Kier alpha value is -0.120. The summed E-state index contributed by atoms with van der Waals surface area (Å²) < 4.78 is 0. The van der Waals surface area contributed by atoms with Gasteiger partial charge in [-0.05, 0) is 13.5 Å². The maximum absolute atomic E-state index is 6.07. The summed E-state index contributed by atoms with van der Waals surface area (Å²) in [4.78, 5) is 4.88. The maximum Gasteiger partial charge on any atom is 0.0167 e. The van der Waals surface area contributed by atoms with Crippen LogP contribution in [0, 0.1) is 0 Å². The minimum atomic E-state index is 0.387. The van der Waals surface area contributed by atoms with Crippen molar-refractivity contribution < 1.29 is 0 Å². The molecule has 1 aliphatic heterocycles. The smallest absolute Gasteiger partial charge is 0.0167 e. The Kier molecular flexibility index (Phi) is 5.45. The highest BCUT2D eigenvalue weighted by atomic mass is 15.2. The van der Waals surface area contributed by atoms with Crippen molar-refractivity contribution in [2.45, 2.75) is 32.2 Å². The molecular weight excluding hydrogens is 174 g/mol. The van der Waals surface area contributed by atoms with Crippen molar-refractivity contribution in [3.63, 3.8) is 0 Å². The van der Waals surface area contributed by atoms with Crippen molar-refractivity contribution in [2.75, 3.05) is 39.8 Å². The van der Waals surface area contributed by atoms with Gasteiger partial charge in [0.1, 0.15) is 0 Å². The van der Waals surface area contributed by atoms with E-state index in [-0.39, 0.29) is 0 Å². The molecule has 1 saturated heterocycles. The SMILES string of the molecule is CCCCC(N)CN1CCN(C)CC1. The largest absolute Gasteiger partial charge is 0.327 e. The Morgan fingerprint density at radius 1 is 1.21 bits per heavy atom. The number of hydrogen-bond acceptors (Lipinski definition) is 3. The lowest BCUT2D eigenvalue weighted by Crippen LogP contribution is -2.48. The van der Waals surface area contributed by atoms with Crippen molar-refractivity contribution in [1.29, 1.82) is 0 Å². The van der Waals surface area contributed by atoms with Crippen molar-refractivity contribution in [3.8, 4) is 0 Å². The second-order valence-corrected chi connectivity index (χ2v) is 4.51. The Balaban J connectivity index is 2.10. The van der Waals surface area contributed by atoms with E-state index in [4.69, 9.17) is 5.73 Å². The van der Waals surface area contributed by atoms with Crippen molar-refractivity contribution in [3.05, 3.63) is 0 Å². The number of unbranched alkanes of at least 4 members (excludes halogenated alkanes) is 1. The zero-order chi connectivity index (χ0) is 10.4. The molecule has 14 heavy (non-hydrogen) atoms. The summed E-state index contributed by atoms with van der Waals surface area (Å²) in [5, 5.41) is 0. The fourth-order valence-electron chi connectivity index (χ4n) is 1.92. The number of rotatable bonds is 5. The highest BCUT2D eigenvalue weighted by Gasteiger charge is 2.15. The summed E-state index contributed by atoms with van der Waals surface area (Å²) in [5.74, 6) is 0. The lowest BCUT2D eigenvalue weighted by atomic mass is 10.1. The van der Waals surface area contributed by atoms with Crippen LogP contribution < -0.4 is 5.73 Å². The van der Waals surface area contributed by atoms with Crippen LogP contribution in [0.2, 0.25) is 0 Å². The van der Waals surface area contributed by atoms with E-state index in [1.807, 2.05) is 0 Å². The fourth-order valence-corrected chi connectivity index (χ4v) is 1.92. The number of nitrogens with two attached hydrogens (primary N) is 1. The van der Waals surface area contributed by atoms with Gasteiger partial charge in [0.25, 0.3) is 0 Å². The number of likely N-dealkylation sites (N-methyl/N-ethyl adjacent to an activating group) is 1. The zero-order valence-electron chi connectivity index (χ0n) is 9.71. The minimum Gasteiger partial charge on any atom is -0.327 e. The van der Waals surface area contributed by atoms with Gasteiger partial charge in [-0.2, -0.15) is 0 Å². The van der Waals surface area contributed by atoms with Crippen molar-refractivity contribution >= 4 is 0 Å². The standard InChI is InChI=1S/C11H25N3/c1-3-4-5-11(12)10-14-8-6-13(2)7-9-14/h11H,3-10,12H2,1-2H3. The minimum absolute atomic E-state index is 0.387. The van der Waals surface area contributed by atoms with E-state index in [0.717, 1.165) is 6.54 Å². The molecular formula is C11H25N3. The molecule has 84 valence electrons. The van der Waals surface area contributed by atoms with Crippen LogP contribution in [-0.4, -0.2) is 55.6 Å². The first kappa shape index (κ1) is 12.0. The zero-order valence-corrected chi connectivity index (χ0v) is 9.71. The molecule has 0 aromatic heterocycles. The predicted molar refractivity (Wildman–Crippen MR) is 61.4 cm³/mol. The van der Waals surface area contributed by atoms with Crippen LogP contribution in [0.4, 0.5) is 0 Å². The molecule has 1 heterocycles. The second-order valence-electron chi connectivity index (χ2n) is 4.51. The molecule has 3 heteroatoms. The lowest BCUT2D eigenvalue weighted by Gasteiger charge is -2.33. The molecule has 0 aromatic carbocycles. The molecule has 0 spiro atoms. The van der Waals surface area contributed by atoms with E-state index in [2.05, 4.69) is 23.8 Å². The topological polar surface area (TPSA) is 32.5 Å². The average Bonchev–Trinajstić information content (AvgIpc) is 2.18. The van der Waals surface area contributed by atoms with E-state index in [0.29, 0.717) is 6.04 Å². The molecule has 0 bridgehead atoms. The Bertz CT molecular complexity index is 141. The molecule has 1 aliphatic rings. The van der Waals surface area contributed by atoms with Gasteiger partial charge < -0.3 is 10.6 Å². The van der Waals surface area contributed by atoms with Gasteiger partial charge >= 0.3 is 0 Å². The van der Waals surface area contributed by atoms with Crippen LogP contribution in [0.3, 0.4) is 0 Å². The van der Waals surface area contributed by atoms with E-state index in [1.54, 1.807) is 0 Å². The van der Waals surface area contributed by atoms with E-state index in [9.17, 15) is 0 Å². The van der Waals surface area contributed by atoms with Gasteiger partial charge in [0, 0.05) is 38.8 Å². The fraction of sp³-hybridized carbons (Fsp3) is 1.00. The Morgan fingerprint density at radius 2 is 1.86 bits per heavy atom. The van der Waals surface area contributed by atoms with Gasteiger partial charge in [0.05, 0.1) is 0 Å². The Morgan fingerprint density at radius 3 is 2.43 bits per heavy atom. The molecule has 0 saturated carbocycles. The van der Waals surface area contributed by atoms with Gasteiger partial charge in [0.2, 0.25) is 0 Å². The molecule has 1 fully saturated rings. The number of hydrogen-bond donors (Lipinski definition) is 1. The highest BCUT2D eigenvalue weighted by molar-refractivity contribution is 4.74. The molecule has 0 aliphatic carbocycles. The molecule has 1 rings (SSSR count). The highest BCUT2D eigenvalue weighted by Crippen LogP contribution is 2.03. The average molecular weight is 199 g/mol. The van der Waals surface area contributed by atoms with Gasteiger partial charge in [0.15, 0.2) is 0 Å². The third-order valence-electron chi connectivity index (χ3n) is 3.02. The third kappa shape index (κ3) is 4.40. The van der Waals surface area contributed by atoms with Gasteiger partial charge in [-0.15, -0.1) is 0 Å². The van der Waals surface area contributed by atoms with E-state index in [1.165, 1.54) is 45.4 Å². The first-order valence-electron chi connectivity index (χ1n) is 5.89. The van der Waals surface area contributed by atoms with E-state index >= 15 is 0 Å². The van der Waals surface area contributed by atoms with Crippen LogP contribution in [-0.2, 0) is 0 Å². The molecule has 0 aromatic rings. The van der Waals surface area contributed by atoms with Crippen molar-refractivity contribution in [2.24, 2.45) is 5.73 Å². The summed E-state index contributed by atoms with van der Waals surface area (Å²) >= 11 is 0. The quantitative estimate of drug-likeness (QED) is 0.709. The van der Waals surface area contributed by atoms with Crippen LogP contribution in [0.1, 0.15) is 26.2 Å². The summed E-state index contributed by atoms with van der Waals surface area (Å²) in [6.45, 7) is 8.09. The predicted octanol–water partition coefficient (Wildman–Crippen LogP) is 0.751. The van der Waals surface area contributed by atoms with Crippen LogP contribution in [0.25, 0.3) is 0 Å². The third-order valence-corrected chi connectivity index (χ3v) is 3.02. The lowest BCUT2D eigenvalue weighted by molar-refractivity contribution is 0.146.